The van der Waals surface area contributed by atoms with Crippen molar-refractivity contribution in [2.75, 3.05) is 0 Å². The quantitative estimate of drug-likeness (QED) is 0.873. The van der Waals surface area contributed by atoms with E-state index in [1.54, 1.807) is 4.68 Å². The summed E-state index contributed by atoms with van der Waals surface area (Å²) < 4.78 is 2.33. The van der Waals surface area contributed by atoms with Crippen molar-refractivity contribution in [3.8, 4) is 0 Å². The molecule has 0 aliphatic heterocycles. The molecule has 0 amide bonds. The zero-order chi connectivity index (χ0) is 12.3. The number of hydrogen-bond acceptors (Lipinski definition) is 3. The number of aliphatic hydroxyl groups excluding tert-OH is 1. The Morgan fingerprint density at radius 1 is 1.35 bits per heavy atom. The van der Waals surface area contributed by atoms with Crippen molar-refractivity contribution in [3.05, 3.63) is 10.3 Å². The fourth-order valence-electron chi connectivity index (χ4n) is 2.72. The summed E-state index contributed by atoms with van der Waals surface area (Å²) >= 11 is 3.34. The molecule has 0 aromatic carbocycles. The second-order valence-electron chi connectivity index (χ2n) is 5.00. The van der Waals surface area contributed by atoms with E-state index >= 15 is 0 Å². The van der Waals surface area contributed by atoms with Crippen LogP contribution in [0.1, 0.15) is 56.7 Å². The summed E-state index contributed by atoms with van der Waals surface area (Å²) in [4.78, 5) is 0. The molecule has 1 N–H and O–H groups in total. The smallest absolute Gasteiger partial charge is 0.154 e. The largest absolute Gasteiger partial charge is 0.387 e. The minimum absolute atomic E-state index is 0.451. The van der Waals surface area contributed by atoms with Crippen molar-refractivity contribution in [1.29, 1.82) is 0 Å². The lowest BCUT2D eigenvalue weighted by Crippen LogP contribution is -2.11. The van der Waals surface area contributed by atoms with Crippen molar-refractivity contribution in [3.63, 3.8) is 0 Å². The maximum absolute atomic E-state index is 10.3. The predicted molar refractivity (Wildman–Crippen MR) is 69.5 cm³/mol. The minimum Gasteiger partial charge on any atom is -0.387 e. The molecule has 17 heavy (non-hydrogen) atoms. The Kier molecular flexibility index (Phi) is 4.56. The van der Waals surface area contributed by atoms with Crippen LogP contribution in [-0.4, -0.2) is 20.1 Å². The van der Waals surface area contributed by atoms with Crippen LogP contribution in [0.25, 0.3) is 0 Å². The second-order valence-corrected chi connectivity index (χ2v) is 5.75. The van der Waals surface area contributed by atoms with Gasteiger partial charge in [-0.1, -0.05) is 43.7 Å². The molecular formula is C12H20BrN3O. The standard InChI is InChI=1S/C12H20BrN3O/c1-16-11(12(13)14-15-16)10(17)8-9-6-4-2-3-5-7-9/h9-10,17H,2-8H2,1H3. The molecule has 0 radical (unpaired) electrons. The fraction of sp³-hybridized carbons (Fsp3) is 0.833. The molecule has 1 unspecified atom stereocenters. The van der Waals surface area contributed by atoms with Crippen molar-refractivity contribution in [2.45, 2.75) is 51.0 Å². The van der Waals surface area contributed by atoms with Gasteiger partial charge in [0, 0.05) is 7.05 Å². The maximum atomic E-state index is 10.3. The predicted octanol–water partition coefficient (Wildman–Crippen LogP) is 2.97. The first-order valence-electron chi connectivity index (χ1n) is 6.41. The summed E-state index contributed by atoms with van der Waals surface area (Å²) in [7, 11) is 1.82. The van der Waals surface area contributed by atoms with Gasteiger partial charge in [-0.05, 0) is 28.3 Å². The Morgan fingerprint density at radius 2 is 2.00 bits per heavy atom. The molecule has 1 aliphatic rings. The highest BCUT2D eigenvalue weighted by Crippen LogP contribution is 2.32. The van der Waals surface area contributed by atoms with Crippen LogP contribution in [0.3, 0.4) is 0 Å². The fourth-order valence-corrected chi connectivity index (χ4v) is 3.31. The van der Waals surface area contributed by atoms with Gasteiger partial charge in [-0.2, -0.15) is 0 Å². The van der Waals surface area contributed by atoms with E-state index in [2.05, 4.69) is 26.2 Å². The molecule has 1 aliphatic carbocycles. The normalized spacial score (nSPS) is 20.2. The van der Waals surface area contributed by atoms with Gasteiger partial charge in [0.25, 0.3) is 0 Å². The SMILES string of the molecule is Cn1nnc(Br)c1C(O)CC1CCCCCC1. The molecule has 1 atom stereocenters. The molecule has 96 valence electrons. The summed E-state index contributed by atoms with van der Waals surface area (Å²) in [6.45, 7) is 0. The van der Waals surface area contributed by atoms with Crippen LogP contribution in [0, 0.1) is 5.92 Å². The topological polar surface area (TPSA) is 50.9 Å². The molecule has 0 spiro atoms. The van der Waals surface area contributed by atoms with E-state index in [0.717, 1.165) is 12.1 Å². The Morgan fingerprint density at radius 3 is 2.53 bits per heavy atom. The van der Waals surface area contributed by atoms with E-state index in [1.165, 1.54) is 38.5 Å². The Labute approximate surface area is 111 Å². The van der Waals surface area contributed by atoms with Gasteiger partial charge in [-0.15, -0.1) is 5.10 Å². The van der Waals surface area contributed by atoms with Gasteiger partial charge in [0.2, 0.25) is 0 Å². The van der Waals surface area contributed by atoms with Gasteiger partial charge < -0.3 is 5.11 Å². The molecule has 5 heteroatoms. The van der Waals surface area contributed by atoms with Gasteiger partial charge in [0.1, 0.15) is 5.69 Å². The molecule has 2 rings (SSSR count). The number of rotatable bonds is 3. The first-order chi connectivity index (χ1) is 8.18. The zero-order valence-corrected chi connectivity index (χ0v) is 11.9. The minimum atomic E-state index is -0.451. The second kappa shape index (κ2) is 5.96. The highest BCUT2D eigenvalue weighted by molar-refractivity contribution is 9.10. The number of nitrogens with zero attached hydrogens (tertiary/aromatic N) is 3. The van der Waals surface area contributed by atoms with Gasteiger partial charge in [-0.3, -0.25) is 0 Å². The third kappa shape index (κ3) is 3.28. The number of aromatic nitrogens is 3. The Balaban J connectivity index is 1.98. The van der Waals surface area contributed by atoms with Crippen molar-refractivity contribution < 1.29 is 5.11 Å². The summed E-state index contributed by atoms with van der Waals surface area (Å²) in [6, 6.07) is 0. The highest BCUT2D eigenvalue weighted by atomic mass is 79.9. The lowest BCUT2D eigenvalue weighted by atomic mass is 9.93. The first kappa shape index (κ1) is 13.0. The van der Waals surface area contributed by atoms with Gasteiger partial charge in [0.15, 0.2) is 4.60 Å². The Bertz CT molecular complexity index is 339. The van der Waals surface area contributed by atoms with Crippen LogP contribution in [0.5, 0.6) is 0 Å². The molecular weight excluding hydrogens is 282 g/mol. The van der Waals surface area contributed by atoms with Crippen LogP contribution in [0.15, 0.2) is 4.60 Å². The number of aliphatic hydroxyl groups is 1. The zero-order valence-electron chi connectivity index (χ0n) is 10.3. The summed E-state index contributed by atoms with van der Waals surface area (Å²) in [5.41, 5.74) is 0.800. The monoisotopic (exact) mass is 301 g/mol. The molecule has 0 bridgehead atoms. The first-order valence-corrected chi connectivity index (χ1v) is 7.21. The molecule has 1 saturated carbocycles. The molecule has 1 aromatic rings. The van der Waals surface area contributed by atoms with Crippen LogP contribution in [0.2, 0.25) is 0 Å². The van der Waals surface area contributed by atoms with E-state index in [0.29, 0.717) is 10.5 Å². The van der Waals surface area contributed by atoms with Crippen molar-refractivity contribution >= 4 is 15.9 Å². The van der Waals surface area contributed by atoms with E-state index in [-0.39, 0.29) is 0 Å². The third-order valence-corrected chi connectivity index (χ3v) is 4.24. The van der Waals surface area contributed by atoms with Crippen LogP contribution in [0.4, 0.5) is 0 Å². The molecule has 4 nitrogen and oxygen atoms in total. The van der Waals surface area contributed by atoms with Crippen molar-refractivity contribution in [2.24, 2.45) is 13.0 Å². The lowest BCUT2D eigenvalue weighted by Gasteiger charge is -2.18. The van der Waals surface area contributed by atoms with Crippen LogP contribution < -0.4 is 0 Å². The lowest BCUT2D eigenvalue weighted by molar-refractivity contribution is 0.130. The summed E-state index contributed by atoms with van der Waals surface area (Å²) in [5, 5.41) is 18.1. The maximum Gasteiger partial charge on any atom is 0.154 e. The average Bonchev–Trinajstić information content (AvgIpc) is 2.53. The van der Waals surface area contributed by atoms with Crippen molar-refractivity contribution in [1.82, 2.24) is 15.0 Å². The number of aryl methyl sites for hydroxylation is 1. The van der Waals surface area contributed by atoms with E-state index in [9.17, 15) is 5.11 Å². The van der Waals surface area contributed by atoms with Gasteiger partial charge in [0.05, 0.1) is 6.10 Å². The molecule has 0 saturated heterocycles. The highest BCUT2D eigenvalue weighted by Gasteiger charge is 2.22. The molecule has 1 heterocycles. The number of hydrogen-bond donors (Lipinski definition) is 1. The van der Waals surface area contributed by atoms with Gasteiger partial charge in [-0.25, -0.2) is 4.68 Å². The van der Waals surface area contributed by atoms with Gasteiger partial charge >= 0.3 is 0 Å². The Hall–Kier alpha value is -0.420. The number of halogens is 1. The van der Waals surface area contributed by atoms with E-state index in [4.69, 9.17) is 0 Å². The summed E-state index contributed by atoms with van der Waals surface area (Å²) in [5.74, 6) is 0.647. The molecule has 1 aromatic heterocycles. The molecule has 1 fully saturated rings. The van der Waals surface area contributed by atoms with Crippen LogP contribution in [-0.2, 0) is 7.05 Å². The third-order valence-electron chi connectivity index (χ3n) is 3.67. The summed E-state index contributed by atoms with van der Waals surface area (Å²) in [6.07, 6.45) is 8.20. The van der Waals surface area contributed by atoms with E-state index in [1.807, 2.05) is 7.05 Å². The van der Waals surface area contributed by atoms with Crippen LogP contribution >= 0.6 is 15.9 Å². The van der Waals surface area contributed by atoms with E-state index < -0.39 is 6.10 Å². The average molecular weight is 302 g/mol.